The molecule has 0 aliphatic heterocycles. The summed E-state index contributed by atoms with van der Waals surface area (Å²) < 4.78 is 5.33. The first kappa shape index (κ1) is 18.4. The Morgan fingerprint density at radius 2 is 2.14 bits per heavy atom. The quantitative estimate of drug-likeness (QED) is 0.419. The maximum Gasteiger partial charge on any atom is 0.191 e. The van der Waals surface area contributed by atoms with Crippen LogP contribution in [-0.2, 0) is 6.54 Å². The summed E-state index contributed by atoms with van der Waals surface area (Å²) in [5.74, 6) is 2.46. The molecule has 0 bridgehead atoms. The van der Waals surface area contributed by atoms with E-state index in [1.807, 2.05) is 18.2 Å². The second-order valence-corrected chi connectivity index (χ2v) is 5.41. The van der Waals surface area contributed by atoms with E-state index in [0.717, 1.165) is 36.3 Å². The molecule has 0 unspecified atom stereocenters. The van der Waals surface area contributed by atoms with Gasteiger partial charge in [0.2, 0.25) is 0 Å². The molecule has 0 aromatic heterocycles. The van der Waals surface area contributed by atoms with E-state index in [4.69, 9.17) is 16.3 Å². The van der Waals surface area contributed by atoms with Gasteiger partial charge in [-0.3, -0.25) is 0 Å². The third-order valence-electron chi connectivity index (χ3n) is 3.26. The normalized spacial score (nSPS) is 14.3. The third kappa shape index (κ3) is 6.30. The zero-order valence-corrected chi connectivity index (χ0v) is 15.6. The summed E-state index contributed by atoms with van der Waals surface area (Å²) in [6.07, 6.45) is 2.66. The van der Waals surface area contributed by atoms with Crippen LogP contribution in [-0.4, -0.2) is 26.2 Å². The van der Waals surface area contributed by atoms with Crippen molar-refractivity contribution in [2.75, 3.05) is 20.2 Å². The van der Waals surface area contributed by atoms with Crippen molar-refractivity contribution in [1.29, 1.82) is 0 Å². The van der Waals surface area contributed by atoms with Crippen LogP contribution in [0.4, 0.5) is 0 Å². The minimum atomic E-state index is 0. The molecule has 1 aliphatic carbocycles. The molecule has 0 radical (unpaired) electrons. The first-order chi connectivity index (χ1) is 9.72. The minimum absolute atomic E-state index is 0. The SMILES string of the molecule is CCNC(=NCc1ccc(Cl)cc1OC)NCC1CC1.I. The highest BCUT2D eigenvalue weighted by molar-refractivity contribution is 14.0. The largest absolute Gasteiger partial charge is 0.496 e. The molecule has 118 valence electrons. The lowest BCUT2D eigenvalue weighted by Crippen LogP contribution is -2.38. The summed E-state index contributed by atoms with van der Waals surface area (Å²) in [4.78, 5) is 4.59. The number of nitrogens with zero attached hydrogens (tertiary/aromatic N) is 1. The predicted octanol–water partition coefficient (Wildman–Crippen LogP) is 3.43. The Morgan fingerprint density at radius 1 is 1.38 bits per heavy atom. The maximum atomic E-state index is 5.96. The molecule has 0 heterocycles. The van der Waals surface area contributed by atoms with Crippen molar-refractivity contribution < 1.29 is 4.74 Å². The van der Waals surface area contributed by atoms with Crippen LogP contribution in [0.2, 0.25) is 5.02 Å². The van der Waals surface area contributed by atoms with Gasteiger partial charge >= 0.3 is 0 Å². The van der Waals surface area contributed by atoms with E-state index >= 15 is 0 Å². The van der Waals surface area contributed by atoms with E-state index in [9.17, 15) is 0 Å². The van der Waals surface area contributed by atoms with E-state index in [1.54, 1.807) is 7.11 Å². The van der Waals surface area contributed by atoms with Crippen molar-refractivity contribution >= 4 is 41.5 Å². The van der Waals surface area contributed by atoms with Gasteiger partial charge in [-0.05, 0) is 37.8 Å². The van der Waals surface area contributed by atoms with Crippen LogP contribution in [0.3, 0.4) is 0 Å². The number of rotatable bonds is 6. The summed E-state index contributed by atoms with van der Waals surface area (Å²) >= 11 is 5.96. The number of hydrogen-bond donors (Lipinski definition) is 2. The summed E-state index contributed by atoms with van der Waals surface area (Å²) in [5, 5.41) is 7.30. The van der Waals surface area contributed by atoms with Crippen LogP contribution < -0.4 is 15.4 Å². The van der Waals surface area contributed by atoms with E-state index in [1.165, 1.54) is 12.8 Å². The van der Waals surface area contributed by atoms with Gasteiger partial charge in [0.25, 0.3) is 0 Å². The molecule has 1 aromatic rings. The van der Waals surface area contributed by atoms with Crippen molar-refractivity contribution in [3.8, 4) is 5.75 Å². The molecule has 2 N–H and O–H groups in total. The topological polar surface area (TPSA) is 45.7 Å². The van der Waals surface area contributed by atoms with Crippen LogP contribution >= 0.6 is 35.6 Å². The van der Waals surface area contributed by atoms with Gasteiger partial charge in [-0.2, -0.15) is 0 Å². The monoisotopic (exact) mass is 423 g/mol. The number of methoxy groups -OCH3 is 1. The predicted molar refractivity (Wildman–Crippen MR) is 99.0 cm³/mol. The molecule has 4 nitrogen and oxygen atoms in total. The number of benzene rings is 1. The van der Waals surface area contributed by atoms with Gasteiger partial charge in [-0.1, -0.05) is 17.7 Å². The molecule has 0 amide bonds. The van der Waals surface area contributed by atoms with Crippen LogP contribution in [0.15, 0.2) is 23.2 Å². The van der Waals surface area contributed by atoms with Crippen molar-refractivity contribution in [2.45, 2.75) is 26.3 Å². The summed E-state index contributed by atoms with van der Waals surface area (Å²) in [7, 11) is 1.65. The van der Waals surface area contributed by atoms with Crippen molar-refractivity contribution in [3.05, 3.63) is 28.8 Å². The van der Waals surface area contributed by atoms with Gasteiger partial charge < -0.3 is 15.4 Å². The molecular formula is C15H23ClIN3O. The highest BCUT2D eigenvalue weighted by atomic mass is 127. The highest BCUT2D eigenvalue weighted by Crippen LogP contribution is 2.27. The van der Waals surface area contributed by atoms with E-state index in [2.05, 4.69) is 22.5 Å². The van der Waals surface area contributed by atoms with Crippen LogP contribution in [0.25, 0.3) is 0 Å². The molecule has 0 saturated heterocycles. The van der Waals surface area contributed by atoms with E-state index < -0.39 is 0 Å². The standard InChI is InChI=1S/C15H22ClN3O.HI/c1-3-17-15(18-9-11-4-5-11)19-10-12-6-7-13(16)8-14(12)20-2;/h6-8,11H,3-5,9-10H2,1-2H3,(H2,17,18,19);1H. The number of nitrogens with one attached hydrogen (secondary N) is 2. The third-order valence-corrected chi connectivity index (χ3v) is 3.49. The first-order valence-corrected chi connectivity index (χ1v) is 7.45. The second kappa shape index (κ2) is 9.35. The van der Waals surface area contributed by atoms with Gasteiger partial charge in [-0.25, -0.2) is 4.99 Å². The number of aliphatic imine (C=N–C) groups is 1. The van der Waals surface area contributed by atoms with Crippen LogP contribution in [0.5, 0.6) is 5.75 Å². The average molecular weight is 424 g/mol. The molecule has 1 saturated carbocycles. The van der Waals surface area contributed by atoms with Crippen LogP contribution in [0, 0.1) is 5.92 Å². The molecule has 2 rings (SSSR count). The molecule has 0 spiro atoms. The number of guanidine groups is 1. The van der Waals surface area contributed by atoms with Crippen molar-refractivity contribution in [1.82, 2.24) is 10.6 Å². The fourth-order valence-corrected chi connectivity index (χ4v) is 2.08. The molecule has 6 heteroatoms. The fourth-order valence-electron chi connectivity index (χ4n) is 1.92. The second-order valence-electron chi connectivity index (χ2n) is 4.98. The van der Waals surface area contributed by atoms with E-state index in [-0.39, 0.29) is 24.0 Å². The Kier molecular flexibility index (Phi) is 8.18. The molecule has 21 heavy (non-hydrogen) atoms. The van der Waals surface area contributed by atoms with E-state index in [0.29, 0.717) is 11.6 Å². The Morgan fingerprint density at radius 3 is 2.76 bits per heavy atom. The molecule has 0 atom stereocenters. The summed E-state index contributed by atoms with van der Waals surface area (Å²) in [6, 6.07) is 5.63. The first-order valence-electron chi connectivity index (χ1n) is 7.07. The van der Waals surface area contributed by atoms with Crippen molar-refractivity contribution in [2.24, 2.45) is 10.9 Å². The zero-order valence-electron chi connectivity index (χ0n) is 12.5. The fraction of sp³-hybridized carbons (Fsp3) is 0.533. The highest BCUT2D eigenvalue weighted by Gasteiger charge is 2.21. The lowest BCUT2D eigenvalue weighted by atomic mass is 10.2. The molecule has 1 aliphatic rings. The number of ether oxygens (including phenoxy) is 1. The number of halogens is 2. The average Bonchev–Trinajstić information content (AvgIpc) is 3.27. The molecular weight excluding hydrogens is 401 g/mol. The van der Waals surface area contributed by atoms with Gasteiger partial charge in [0.05, 0.1) is 13.7 Å². The number of hydrogen-bond acceptors (Lipinski definition) is 2. The van der Waals surface area contributed by atoms with Gasteiger partial charge in [0.15, 0.2) is 5.96 Å². The molecule has 1 aromatic carbocycles. The Bertz CT molecular complexity index is 478. The minimum Gasteiger partial charge on any atom is -0.496 e. The van der Waals surface area contributed by atoms with Crippen LogP contribution in [0.1, 0.15) is 25.3 Å². The maximum absolute atomic E-state index is 5.96. The van der Waals surface area contributed by atoms with Gasteiger partial charge in [0.1, 0.15) is 5.75 Å². The Labute approximate surface area is 148 Å². The van der Waals surface area contributed by atoms with Crippen molar-refractivity contribution in [3.63, 3.8) is 0 Å². The summed E-state index contributed by atoms with van der Waals surface area (Å²) in [6.45, 7) is 4.50. The summed E-state index contributed by atoms with van der Waals surface area (Å²) in [5.41, 5.74) is 1.03. The smallest absolute Gasteiger partial charge is 0.191 e. The molecule has 1 fully saturated rings. The van der Waals surface area contributed by atoms with Gasteiger partial charge in [-0.15, -0.1) is 24.0 Å². The van der Waals surface area contributed by atoms with Gasteiger partial charge in [0, 0.05) is 23.7 Å². The Balaban J connectivity index is 0.00000220. The Hall–Kier alpha value is -0.690. The lowest BCUT2D eigenvalue weighted by Gasteiger charge is -2.12. The lowest BCUT2D eigenvalue weighted by molar-refractivity contribution is 0.410. The zero-order chi connectivity index (χ0) is 14.4.